The molecule has 1 amide bonds. The highest BCUT2D eigenvalue weighted by molar-refractivity contribution is 6.42. The fourth-order valence-corrected chi connectivity index (χ4v) is 2.39. The Kier molecular flexibility index (Phi) is 4.82. The van der Waals surface area contributed by atoms with Crippen molar-refractivity contribution in [2.45, 2.75) is 6.54 Å². The van der Waals surface area contributed by atoms with Gasteiger partial charge in [-0.25, -0.2) is 0 Å². The molecular weight excluding hydrogens is 325 g/mol. The van der Waals surface area contributed by atoms with Gasteiger partial charge in [0.25, 0.3) is 5.91 Å². The summed E-state index contributed by atoms with van der Waals surface area (Å²) in [5, 5.41) is 10.9. The summed E-state index contributed by atoms with van der Waals surface area (Å²) in [5.41, 5.74) is 5.80. The Labute approximate surface area is 129 Å². The number of carbonyl (C=O) groups is 1. The molecule has 0 saturated carbocycles. The third-order valence-electron chi connectivity index (χ3n) is 2.37. The zero-order valence-electron chi connectivity index (χ0n) is 10.1. The molecule has 1 aromatic heterocycles. The topological polar surface area (TPSA) is 85.8 Å². The van der Waals surface area contributed by atoms with Crippen LogP contribution in [0.1, 0.15) is 10.5 Å². The van der Waals surface area contributed by atoms with E-state index in [1.807, 2.05) is 0 Å². The number of hydrogen-bond acceptors (Lipinski definition) is 4. The van der Waals surface area contributed by atoms with Crippen LogP contribution in [0.3, 0.4) is 0 Å². The highest BCUT2D eigenvalue weighted by Crippen LogP contribution is 2.33. The van der Waals surface area contributed by atoms with Crippen molar-refractivity contribution >= 4 is 46.4 Å². The van der Waals surface area contributed by atoms with Crippen LogP contribution in [0.4, 0.5) is 5.69 Å². The van der Waals surface area contributed by atoms with Crippen molar-refractivity contribution in [1.29, 1.82) is 0 Å². The van der Waals surface area contributed by atoms with Crippen LogP contribution in [0.2, 0.25) is 15.1 Å². The molecule has 0 aliphatic rings. The van der Waals surface area contributed by atoms with E-state index in [2.05, 4.69) is 15.6 Å². The highest BCUT2D eigenvalue weighted by Gasteiger charge is 2.15. The molecular formula is C11H10Cl3N5O. The third-order valence-corrected chi connectivity index (χ3v) is 3.19. The van der Waals surface area contributed by atoms with Crippen molar-refractivity contribution < 1.29 is 4.79 Å². The van der Waals surface area contributed by atoms with E-state index in [-0.39, 0.29) is 21.4 Å². The second kappa shape index (κ2) is 6.41. The molecule has 20 heavy (non-hydrogen) atoms. The highest BCUT2D eigenvalue weighted by atomic mass is 35.5. The van der Waals surface area contributed by atoms with Gasteiger partial charge in [0.2, 0.25) is 0 Å². The molecule has 0 aliphatic heterocycles. The first-order valence-corrected chi connectivity index (χ1v) is 6.70. The van der Waals surface area contributed by atoms with Crippen LogP contribution in [0, 0.1) is 0 Å². The molecule has 0 bridgehead atoms. The lowest BCUT2D eigenvalue weighted by atomic mass is 10.3. The number of rotatable bonds is 4. The Morgan fingerprint density at radius 1 is 1.30 bits per heavy atom. The Morgan fingerprint density at radius 3 is 2.55 bits per heavy atom. The Hall–Kier alpha value is -1.34. The first-order valence-electron chi connectivity index (χ1n) is 5.57. The van der Waals surface area contributed by atoms with Crippen molar-refractivity contribution in [2.24, 2.45) is 5.73 Å². The largest absolute Gasteiger partial charge is 0.329 e. The molecule has 0 spiro atoms. The summed E-state index contributed by atoms with van der Waals surface area (Å²) in [7, 11) is 0. The second-order valence-corrected chi connectivity index (χ2v) is 5.10. The average Bonchev–Trinajstić information content (AvgIpc) is 2.82. The van der Waals surface area contributed by atoms with E-state index in [1.165, 1.54) is 23.0 Å². The number of benzene rings is 1. The molecule has 3 N–H and O–H groups in total. The smallest absolute Gasteiger partial charge is 0.277 e. The van der Waals surface area contributed by atoms with Gasteiger partial charge in [-0.15, -0.1) is 5.10 Å². The van der Waals surface area contributed by atoms with Gasteiger partial charge >= 0.3 is 0 Å². The SMILES string of the molecule is NCCn1cc(C(=O)Nc2c(Cl)cc(Cl)cc2Cl)nn1. The van der Waals surface area contributed by atoms with Crippen LogP contribution >= 0.6 is 34.8 Å². The molecule has 0 atom stereocenters. The van der Waals surface area contributed by atoms with Gasteiger partial charge in [0.15, 0.2) is 5.69 Å². The number of nitrogens with two attached hydrogens (primary N) is 1. The maximum atomic E-state index is 12.0. The number of nitrogens with one attached hydrogen (secondary N) is 1. The van der Waals surface area contributed by atoms with E-state index < -0.39 is 5.91 Å². The van der Waals surface area contributed by atoms with Gasteiger partial charge < -0.3 is 11.1 Å². The van der Waals surface area contributed by atoms with Gasteiger partial charge in [0, 0.05) is 11.6 Å². The summed E-state index contributed by atoms with van der Waals surface area (Å²) >= 11 is 17.8. The lowest BCUT2D eigenvalue weighted by Gasteiger charge is -2.08. The molecule has 0 unspecified atom stereocenters. The number of amides is 1. The van der Waals surface area contributed by atoms with E-state index in [4.69, 9.17) is 40.5 Å². The van der Waals surface area contributed by atoms with Crippen LogP contribution in [0.25, 0.3) is 0 Å². The summed E-state index contributed by atoms with van der Waals surface area (Å²) < 4.78 is 1.47. The summed E-state index contributed by atoms with van der Waals surface area (Å²) in [6, 6.07) is 2.96. The molecule has 0 fully saturated rings. The number of anilines is 1. The quantitative estimate of drug-likeness (QED) is 0.899. The molecule has 1 heterocycles. The standard InChI is InChI=1S/C11H10Cl3N5O/c12-6-3-7(13)10(8(14)4-6)16-11(20)9-5-19(2-1-15)18-17-9/h3-5H,1-2,15H2,(H,16,20). The van der Waals surface area contributed by atoms with Crippen molar-refractivity contribution in [3.63, 3.8) is 0 Å². The molecule has 0 radical (unpaired) electrons. The zero-order chi connectivity index (χ0) is 14.7. The molecule has 106 valence electrons. The van der Waals surface area contributed by atoms with Crippen LogP contribution < -0.4 is 11.1 Å². The lowest BCUT2D eigenvalue weighted by Crippen LogP contribution is -2.13. The molecule has 2 rings (SSSR count). The Bertz CT molecular complexity index is 620. The predicted octanol–water partition coefficient (Wildman–Crippen LogP) is 2.45. The van der Waals surface area contributed by atoms with Crippen LogP contribution in [-0.2, 0) is 6.54 Å². The van der Waals surface area contributed by atoms with Gasteiger partial charge in [-0.1, -0.05) is 40.0 Å². The molecule has 9 heteroatoms. The van der Waals surface area contributed by atoms with Crippen LogP contribution in [0.5, 0.6) is 0 Å². The van der Waals surface area contributed by atoms with Gasteiger partial charge in [0.05, 0.1) is 28.5 Å². The van der Waals surface area contributed by atoms with E-state index in [0.717, 1.165) is 0 Å². The number of carbonyl (C=O) groups excluding carboxylic acids is 1. The molecule has 0 aliphatic carbocycles. The number of halogens is 3. The maximum Gasteiger partial charge on any atom is 0.277 e. The third kappa shape index (κ3) is 3.40. The summed E-state index contributed by atoms with van der Waals surface area (Å²) in [6.07, 6.45) is 1.49. The fraction of sp³-hybridized carbons (Fsp3) is 0.182. The lowest BCUT2D eigenvalue weighted by molar-refractivity contribution is 0.102. The van der Waals surface area contributed by atoms with Crippen molar-refractivity contribution in [3.8, 4) is 0 Å². The maximum absolute atomic E-state index is 12.0. The summed E-state index contributed by atoms with van der Waals surface area (Å²) in [6.45, 7) is 0.877. The average molecular weight is 335 g/mol. The first-order chi connectivity index (χ1) is 9.51. The minimum absolute atomic E-state index is 0.139. The van der Waals surface area contributed by atoms with Gasteiger partial charge in [-0.3, -0.25) is 9.48 Å². The van der Waals surface area contributed by atoms with E-state index in [9.17, 15) is 4.79 Å². The van der Waals surface area contributed by atoms with Crippen molar-refractivity contribution in [2.75, 3.05) is 11.9 Å². The minimum Gasteiger partial charge on any atom is -0.329 e. The molecule has 1 aromatic carbocycles. The predicted molar refractivity (Wildman–Crippen MR) is 78.5 cm³/mol. The van der Waals surface area contributed by atoms with Gasteiger partial charge in [-0.2, -0.15) is 0 Å². The Balaban J connectivity index is 2.19. The van der Waals surface area contributed by atoms with Crippen LogP contribution in [0.15, 0.2) is 18.3 Å². The minimum atomic E-state index is -0.473. The van der Waals surface area contributed by atoms with Gasteiger partial charge in [0.1, 0.15) is 0 Å². The zero-order valence-corrected chi connectivity index (χ0v) is 12.4. The number of aromatic nitrogens is 3. The van der Waals surface area contributed by atoms with Crippen molar-refractivity contribution in [1.82, 2.24) is 15.0 Å². The molecule has 0 saturated heterocycles. The van der Waals surface area contributed by atoms with E-state index >= 15 is 0 Å². The Morgan fingerprint density at radius 2 is 1.95 bits per heavy atom. The van der Waals surface area contributed by atoms with E-state index in [1.54, 1.807) is 0 Å². The fourth-order valence-electron chi connectivity index (χ4n) is 1.48. The van der Waals surface area contributed by atoms with E-state index in [0.29, 0.717) is 18.1 Å². The number of hydrogen-bond donors (Lipinski definition) is 2. The number of nitrogens with zero attached hydrogens (tertiary/aromatic N) is 3. The van der Waals surface area contributed by atoms with Gasteiger partial charge in [-0.05, 0) is 12.1 Å². The first kappa shape index (κ1) is 15.1. The summed E-state index contributed by atoms with van der Waals surface area (Å²) in [4.78, 5) is 12.0. The second-order valence-electron chi connectivity index (χ2n) is 3.85. The summed E-state index contributed by atoms with van der Waals surface area (Å²) in [5.74, 6) is -0.473. The molecule has 6 nitrogen and oxygen atoms in total. The monoisotopic (exact) mass is 333 g/mol. The normalized spacial score (nSPS) is 10.6. The van der Waals surface area contributed by atoms with Crippen LogP contribution in [-0.4, -0.2) is 27.4 Å². The van der Waals surface area contributed by atoms with Crippen molar-refractivity contribution in [3.05, 3.63) is 39.1 Å². The molecule has 2 aromatic rings.